The Balaban J connectivity index is 1.23. The van der Waals surface area contributed by atoms with Crippen LogP contribution < -0.4 is 10.2 Å². The lowest BCUT2D eigenvalue weighted by atomic mass is 9.97. The van der Waals surface area contributed by atoms with Gasteiger partial charge in [0.2, 0.25) is 0 Å². The van der Waals surface area contributed by atoms with E-state index < -0.39 is 11.6 Å². The fourth-order valence-electron chi connectivity index (χ4n) is 6.11. The second-order valence-corrected chi connectivity index (χ2v) is 11.1. The maximum Gasteiger partial charge on any atom is 0.175 e. The number of pyridine rings is 1. The molecule has 0 spiro atoms. The molecular weight excluding hydrogens is 494 g/mol. The summed E-state index contributed by atoms with van der Waals surface area (Å²) in [4.78, 5) is 18.5. The molecule has 4 aromatic rings. The lowest BCUT2D eigenvalue weighted by Gasteiger charge is -2.38. The molecule has 2 unspecified atom stereocenters. The van der Waals surface area contributed by atoms with Crippen molar-refractivity contribution in [3.8, 4) is 11.3 Å². The molecule has 4 heterocycles. The summed E-state index contributed by atoms with van der Waals surface area (Å²) in [6, 6.07) is 9.61. The van der Waals surface area contributed by atoms with E-state index in [9.17, 15) is 4.39 Å². The molecular formula is C31H32F2N6. The van der Waals surface area contributed by atoms with Crippen molar-refractivity contribution >= 4 is 27.5 Å². The summed E-state index contributed by atoms with van der Waals surface area (Å²) in [6.07, 6.45) is 4.89. The number of rotatable bonds is 6. The molecule has 0 radical (unpaired) electrons. The summed E-state index contributed by atoms with van der Waals surface area (Å²) >= 11 is 0. The Hall–Kier alpha value is -3.65. The Bertz CT molecular complexity index is 1620. The normalized spacial score (nSPS) is 21.1. The summed E-state index contributed by atoms with van der Waals surface area (Å²) in [5.41, 5.74) is 2.87. The number of halogens is 2. The number of benzene rings is 2. The highest BCUT2D eigenvalue weighted by molar-refractivity contribution is 5.99. The molecule has 8 heteroatoms. The SMILES string of the molecule is C=C(C1NC1C1CC1)N1CCN(c2nc(CC)nc3c(F)c(-c4cc(C)cc5cccc(F)c45)ncc23)CC1. The Labute approximate surface area is 226 Å². The van der Waals surface area contributed by atoms with Crippen molar-refractivity contribution in [2.45, 2.75) is 45.2 Å². The van der Waals surface area contributed by atoms with Crippen LogP contribution >= 0.6 is 0 Å². The zero-order valence-corrected chi connectivity index (χ0v) is 22.3. The molecule has 1 N–H and O–H groups in total. The summed E-state index contributed by atoms with van der Waals surface area (Å²) < 4.78 is 31.2. The molecule has 2 aliphatic heterocycles. The molecule has 2 aromatic heterocycles. The highest BCUT2D eigenvalue weighted by atomic mass is 19.1. The maximum absolute atomic E-state index is 16.3. The molecule has 0 amide bonds. The third kappa shape index (κ3) is 4.22. The van der Waals surface area contributed by atoms with Gasteiger partial charge in [0.05, 0.1) is 11.4 Å². The quantitative estimate of drug-likeness (QED) is 0.340. The van der Waals surface area contributed by atoms with Crippen molar-refractivity contribution in [2.75, 3.05) is 31.1 Å². The van der Waals surface area contributed by atoms with Gasteiger partial charge < -0.3 is 15.1 Å². The van der Waals surface area contributed by atoms with Gasteiger partial charge in [-0.2, -0.15) is 0 Å². The van der Waals surface area contributed by atoms with Gasteiger partial charge in [-0.1, -0.05) is 31.7 Å². The first-order valence-corrected chi connectivity index (χ1v) is 13.9. The second kappa shape index (κ2) is 9.23. The minimum Gasteiger partial charge on any atom is -0.370 e. The van der Waals surface area contributed by atoms with Gasteiger partial charge in [0, 0.05) is 61.5 Å². The first kappa shape index (κ1) is 24.4. The molecule has 200 valence electrons. The van der Waals surface area contributed by atoms with Crippen LogP contribution in [-0.4, -0.2) is 58.1 Å². The Morgan fingerprint density at radius 2 is 1.90 bits per heavy atom. The third-order valence-electron chi connectivity index (χ3n) is 8.45. The number of hydrogen-bond acceptors (Lipinski definition) is 6. The zero-order valence-electron chi connectivity index (χ0n) is 22.3. The number of aromatic nitrogens is 3. The van der Waals surface area contributed by atoms with Crippen molar-refractivity contribution < 1.29 is 8.78 Å². The van der Waals surface area contributed by atoms with Crippen LogP contribution in [0, 0.1) is 24.5 Å². The van der Waals surface area contributed by atoms with Crippen LogP contribution in [0.15, 0.2) is 48.8 Å². The average molecular weight is 527 g/mol. The molecule has 0 bridgehead atoms. The Morgan fingerprint density at radius 1 is 1.10 bits per heavy atom. The van der Waals surface area contributed by atoms with Crippen molar-refractivity contribution in [3.63, 3.8) is 0 Å². The van der Waals surface area contributed by atoms with Crippen molar-refractivity contribution in [3.05, 3.63) is 71.8 Å². The molecule has 2 aromatic carbocycles. The molecule has 7 rings (SSSR count). The number of hydrogen-bond donors (Lipinski definition) is 1. The first-order chi connectivity index (χ1) is 18.9. The van der Waals surface area contributed by atoms with Gasteiger partial charge in [0.15, 0.2) is 5.82 Å². The Morgan fingerprint density at radius 3 is 2.64 bits per heavy atom. The number of anilines is 1. The number of fused-ring (bicyclic) bond motifs is 2. The van der Waals surface area contributed by atoms with Gasteiger partial charge in [-0.3, -0.25) is 4.98 Å². The highest BCUT2D eigenvalue weighted by Crippen LogP contribution is 2.42. The van der Waals surface area contributed by atoms with Crippen LogP contribution in [0.2, 0.25) is 0 Å². The number of piperazine rings is 1. The summed E-state index contributed by atoms with van der Waals surface area (Å²) in [5, 5.41) is 5.26. The molecule has 39 heavy (non-hydrogen) atoms. The van der Waals surface area contributed by atoms with Crippen molar-refractivity contribution in [1.29, 1.82) is 0 Å². The lowest BCUT2D eigenvalue weighted by Crippen LogP contribution is -2.47. The summed E-state index contributed by atoms with van der Waals surface area (Å²) in [5.74, 6) is 1.18. The van der Waals surface area contributed by atoms with Crippen LogP contribution in [-0.2, 0) is 6.42 Å². The molecule has 1 aliphatic carbocycles. The first-order valence-electron chi connectivity index (χ1n) is 13.9. The topological polar surface area (TPSA) is 67.1 Å². The molecule has 3 aliphatic rings. The van der Waals surface area contributed by atoms with E-state index in [1.807, 2.05) is 26.0 Å². The van der Waals surface area contributed by atoms with E-state index in [0.29, 0.717) is 51.9 Å². The third-order valence-corrected chi connectivity index (χ3v) is 8.45. The van der Waals surface area contributed by atoms with E-state index in [4.69, 9.17) is 4.98 Å². The van der Waals surface area contributed by atoms with Crippen LogP contribution in [0.1, 0.15) is 31.2 Å². The highest BCUT2D eigenvalue weighted by Gasteiger charge is 2.49. The minimum atomic E-state index is -0.543. The largest absolute Gasteiger partial charge is 0.370 e. The predicted octanol–water partition coefficient (Wildman–Crippen LogP) is 5.38. The molecule has 2 saturated heterocycles. The van der Waals surface area contributed by atoms with Crippen molar-refractivity contribution in [1.82, 2.24) is 25.2 Å². The van der Waals surface area contributed by atoms with E-state index in [1.54, 1.807) is 18.3 Å². The monoisotopic (exact) mass is 526 g/mol. The van der Waals surface area contributed by atoms with Gasteiger partial charge >= 0.3 is 0 Å². The fourth-order valence-corrected chi connectivity index (χ4v) is 6.11. The van der Waals surface area contributed by atoms with Crippen LogP contribution in [0.5, 0.6) is 0 Å². The minimum absolute atomic E-state index is 0.108. The zero-order chi connectivity index (χ0) is 26.8. The Kier molecular flexibility index (Phi) is 5.77. The second-order valence-electron chi connectivity index (χ2n) is 11.1. The molecule has 1 saturated carbocycles. The predicted molar refractivity (Wildman–Crippen MR) is 151 cm³/mol. The van der Waals surface area contributed by atoms with Gasteiger partial charge in [-0.15, -0.1) is 0 Å². The molecule has 3 fully saturated rings. The van der Waals surface area contributed by atoms with E-state index in [2.05, 4.69) is 31.7 Å². The maximum atomic E-state index is 16.3. The van der Waals surface area contributed by atoms with E-state index in [0.717, 1.165) is 37.7 Å². The van der Waals surface area contributed by atoms with Gasteiger partial charge in [-0.25, -0.2) is 18.7 Å². The van der Waals surface area contributed by atoms with Crippen molar-refractivity contribution in [2.24, 2.45) is 5.92 Å². The lowest BCUT2D eigenvalue weighted by molar-refractivity contribution is 0.313. The molecule has 2 atom stereocenters. The summed E-state index contributed by atoms with van der Waals surface area (Å²) in [7, 11) is 0. The van der Waals surface area contributed by atoms with Gasteiger partial charge in [0.1, 0.15) is 28.7 Å². The fraction of sp³-hybridized carbons (Fsp3) is 0.387. The summed E-state index contributed by atoms with van der Waals surface area (Å²) in [6.45, 7) is 11.5. The van der Waals surface area contributed by atoms with Crippen LogP contribution in [0.4, 0.5) is 14.6 Å². The van der Waals surface area contributed by atoms with Gasteiger partial charge in [-0.05, 0) is 48.8 Å². The van der Waals surface area contributed by atoms with Gasteiger partial charge in [0.25, 0.3) is 0 Å². The average Bonchev–Trinajstić information content (AvgIpc) is 3.86. The smallest absolute Gasteiger partial charge is 0.175 e. The number of aryl methyl sites for hydroxylation is 2. The van der Waals surface area contributed by atoms with Crippen LogP contribution in [0.3, 0.4) is 0 Å². The molecule has 6 nitrogen and oxygen atoms in total. The van der Waals surface area contributed by atoms with Crippen LogP contribution in [0.25, 0.3) is 32.9 Å². The van der Waals surface area contributed by atoms with E-state index in [-0.39, 0.29) is 11.2 Å². The number of nitrogens with one attached hydrogen (secondary N) is 1. The van der Waals surface area contributed by atoms with E-state index in [1.165, 1.54) is 24.6 Å². The standard InChI is InChI=1S/C31H32F2N6/c1-4-24-35-30-22(16-34-29(26(30)33)21-15-17(2)14-20-6-5-7-23(32)25(20)21)31(36-24)39-12-10-38(11-13-39)18(3)27-28(37-27)19-8-9-19/h5-7,14-16,19,27-28,37H,3-4,8-13H2,1-2H3. The number of nitrogens with zero attached hydrogens (tertiary/aromatic N) is 5. The van der Waals surface area contributed by atoms with E-state index >= 15 is 4.39 Å².